The number of fused-ring (bicyclic) bond motifs is 5. The van der Waals surface area contributed by atoms with Crippen LogP contribution in [0.5, 0.6) is 0 Å². The van der Waals surface area contributed by atoms with Gasteiger partial charge < -0.3 is 4.90 Å². The molecule has 1 heteroatoms. The highest BCUT2D eigenvalue weighted by atomic mass is 15.1. The van der Waals surface area contributed by atoms with Crippen LogP contribution in [0.3, 0.4) is 0 Å². The minimum Gasteiger partial charge on any atom is -0.310 e. The molecule has 0 aromatic heterocycles. The maximum atomic E-state index is 2.59. The van der Waals surface area contributed by atoms with Crippen LogP contribution < -0.4 is 4.90 Å². The standard InChI is InChI=1S/C57H47N/c1-4-22-44(23-5-1)57(45-24-6-2-7-25-45)53-32-15-14-30-50(53)52-38-51(43-36-34-42(35-37-43)48-31-16-20-40-18-10-12-28-47(40)48)56(39-54(52)57)58(46-26-8-3-9-27-46)55-33-17-21-41-19-11-13-29-49(41)55/h1-9,14-17,20-27,30-39H,10-13,18-19,28-29H2. The van der Waals surface area contributed by atoms with E-state index in [9.17, 15) is 0 Å². The lowest BCUT2D eigenvalue weighted by Gasteiger charge is -2.36. The molecule has 3 aliphatic carbocycles. The Balaban J connectivity index is 1.21. The Morgan fingerprint density at radius 3 is 1.57 bits per heavy atom. The smallest absolute Gasteiger partial charge is 0.0714 e. The van der Waals surface area contributed by atoms with Crippen LogP contribution >= 0.6 is 0 Å². The highest BCUT2D eigenvalue weighted by Gasteiger charge is 2.47. The van der Waals surface area contributed by atoms with Gasteiger partial charge in [0.15, 0.2) is 0 Å². The maximum absolute atomic E-state index is 2.59. The van der Waals surface area contributed by atoms with Gasteiger partial charge in [-0.3, -0.25) is 0 Å². The third-order valence-electron chi connectivity index (χ3n) is 13.3. The van der Waals surface area contributed by atoms with E-state index < -0.39 is 5.41 Å². The van der Waals surface area contributed by atoms with Gasteiger partial charge in [0.25, 0.3) is 0 Å². The molecule has 0 spiro atoms. The first-order valence-electron chi connectivity index (χ1n) is 21.4. The molecule has 11 rings (SSSR count). The van der Waals surface area contributed by atoms with Crippen molar-refractivity contribution >= 4 is 17.1 Å². The van der Waals surface area contributed by atoms with Crippen LogP contribution in [0.1, 0.15) is 70.2 Å². The number of hydrogen-bond donors (Lipinski definition) is 0. The number of aryl methyl sites for hydroxylation is 2. The molecular weight excluding hydrogens is 699 g/mol. The van der Waals surface area contributed by atoms with Gasteiger partial charge in [-0.25, -0.2) is 0 Å². The average molecular weight is 746 g/mol. The fourth-order valence-corrected chi connectivity index (χ4v) is 10.7. The van der Waals surface area contributed by atoms with Gasteiger partial charge in [-0.15, -0.1) is 0 Å². The van der Waals surface area contributed by atoms with Gasteiger partial charge >= 0.3 is 0 Å². The number of benzene rings is 8. The second-order valence-corrected chi connectivity index (χ2v) is 16.5. The summed E-state index contributed by atoms with van der Waals surface area (Å²) in [6.45, 7) is 0. The van der Waals surface area contributed by atoms with Crippen LogP contribution in [0.25, 0.3) is 33.4 Å². The van der Waals surface area contributed by atoms with Crippen molar-refractivity contribution in [3.8, 4) is 33.4 Å². The molecule has 0 saturated heterocycles. The van der Waals surface area contributed by atoms with Crippen molar-refractivity contribution in [3.63, 3.8) is 0 Å². The monoisotopic (exact) mass is 745 g/mol. The molecule has 8 aromatic carbocycles. The van der Waals surface area contributed by atoms with Crippen LogP contribution in [-0.2, 0) is 31.1 Å². The molecule has 0 heterocycles. The Hall–Kier alpha value is -6.44. The Morgan fingerprint density at radius 2 is 0.879 bits per heavy atom. The first-order chi connectivity index (χ1) is 28.8. The van der Waals surface area contributed by atoms with Crippen molar-refractivity contribution in [2.24, 2.45) is 0 Å². The summed E-state index contributed by atoms with van der Waals surface area (Å²) >= 11 is 0. The van der Waals surface area contributed by atoms with E-state index in [0.717, 1.165) is 12.8 Å². The normalized spacial score (nSPS) is 14.8. The molecule has 0 atom stereocenters. The topological polar surface area (TPSA) is 3.24 Å². The van der Waals surface area contributed by atoms with E-state index in [1.165, 1.54) is 128 Å². The number of anilines is 3. The van der Waals surface area contributed by atoms with Gasteiger partial charge in [-0.05, 0) is 154 Å². The first-order valence-corrected chi connectivity index (χ1v) is 21.4. The number of hydrogen-bond acceptors (Lipinski definition) is 1. The molecular formula is C57H47N. The van der Waals surface area contributed by atoms with Gasteiger partial charge in [0.1, 0.15) is 0 Å². The zero-order chi connectivity index (χ0) is 38.5. The summed E-state index contributed by atoms with van der Waals surface area (Å²) in [5, 5.41) is 0. The fourth-order valence-electron chi connectivity index (χ4n) is 10.7. The Labute approximate surface area is 343 Å². The SMILES string of the molecule is c1ccc(N(c2cc3c(cc2-c2ccc(-c4cccc5c4CCCC5)cc2)-c2ccccc2C3(c2ccccc2)c2ccccc2)c2cccc3c2CCCC3)cc1. The van der Waals surface area contributed by atoms with Crippen molar-refractivity contribution in [3.05, 3.63) is 233 Å². The zero-order valence-electron chi connectivity index (χ0n) is 33.0. The van der Waals surface area contributed by atoms with Crippen LogP contribution in [0.15, 0.2) is 188 Å². The predicted molar refractivity (Wildman–Crippen MR) is 243 cm³/mol. The molecule has 58 heavy (non-hydrogen) atoms. The van der Waals surface area contributed by atoms with Crippen LogP contribution in [0, 0.1) is 0 Å². The zero-order valence-corrected chi connectivity index (χ0v) is 33.0. The molecule has 280 valence electrons. The van der Waals surface area contributed by atoms with Crippen molar-refractivity contribution in [2.75, 3.05) is 4.90 Å². The summed E-state index contributed by atoms with van der Waals surface area (Å²) in [4.78, 5) is 2.59. The molecule has 0 saturated carbocycles. The molecule has 8 aromatic rings. The number of para-hydroxylation sites is 1. The van der Waals surface area contributed by atoms with Gasteiger partial charge in [0, 0.05) is 16.9 Å². The number of nitrogens with zero attached hydrogens (tertiary/aromatic N) is 1. The quantitative estimate of drug-likeness (QED) is 0.157. The van der Waals surface area contributed by atoms with E-state index in [0.29, 0.717) is 0 Å². The molecule has 0 amide bonds. The summed E-state index contributed by atoms with van der Waals surface area (Å²) in [7, 11) is 0. The van der Waals surface area contributed by atoms with Crippen LogP contribution in [0.2, 0.25) is 0 Å². The molecule has 0 unspecified atom stereocenters. The lowest BCUT2D eigenvalue weighted by atomic mass is 9.67. The molecule has 0 bridgehead atoms. The second kappa shape index (κ2) is 14.5. The summed E-state index contributed by atoms with van der Waals surface area (Å²) in [6, 6.07) is 71.2. The molecule has 0 aliphatic heterocycles. The average Bonchev–Trinajstić information content (AvgIpc) is 3.60. The van der Waals surface area contributed by atoms with Crippen molar-refractivity contribution < 1.29 is 0 Å². The molecule has 3 aliphatic rings. The van der Waals surface area contributed by atoms with Crippen molar-refractivity contribution in [1.82, 2.24) is 0 Å². The molecule has 0 radical (unpaired) electrons. The van der Waals surface area contributed by atoms with E-state index in [4.69, 9.17) is 0 Å². The van der Waals surface area contributed by atoms with E-state index in [1.54, 1.807) is 5.56 Å². The van der Waals surface area contributed by atoms with Gasteiger partial charge in [-0.1, -0.05) is 158 Å². The third-order valence-corrected chi connectivity index (χ3v) is 13.3. The van der Waals surface area contributed by atoms with E-state index >= 15 is 0 Å². The van der Waals surface area contributed by atoms with Gasteiger partial charge in [0.05, 0.1) is 11.1 Å². The molecule has 0 N–H and O–H groups in total. The lowest BCUT2D eigenvalue weighted by Crippen LogP contribution is -2.29. The van der Waals surface area contributed by atoms with Crippen LogP contribution in [-0.4, -0.2) is 0 Å². The minimum absolute atomic E-state index is 0.504. The maximum Gasteiger partial charge on any atom is 0.0714 e. The molecule has 1 nitrogen and oxygen atoms in total. The van der Waals surface area contributed by atoms with E-state index in [2.05, 4.69) is 193 Å². The summed E-state index contributed by atoms with van der Waals surface area (Å²) < 4.78 is 0. The highest BCUT2D eigenvalue weighted by molar-refractivity contribution is 5.97. The largest absolute Gasteiger partial charge is 0.310 e. The number of rotatable bonds is 7. The Morgan fingerprint density at radius 1 is 0.345 bits per heavy atom. The fraction of sp³-hybridized carbons (Fsp3) is 0.158. The van der Waals surface area contributed by atoms with Gasteiger partial charge in [0.2, 0.25) is 0 Å². The Kier molecular flexibility index (Phi) is 8.69. The summed E-state index contributed by atoms with van der Waals surface area (Å²) in [5.74, 6) is 0. The second-order valence-electron chi connectivity index (χ2n) is 16.5. The molecule has 0 fully saturated rings. The minimum atomic E-state index is -0.504. The summed E-state index contributed by atoms with van der Waals surface area (Å²) in [6.07, 6.45) is 9.61. The van der Waals surface area contributed by atoms with Crippen molar-refractivity contribution in [1.29, 1.82) is 0 Å². The highest BCUT2D eigenvalue weighted by Crippen LogP contribution is 2.59. The third kappa shape index (κ3) is 5.59. The first kappa shape index (κ1) is 34.8. The van der Waals surface area contributed by atoms with E-state index in [-0.39, 0.29) is 0 Å². The summed E-state index contributed by atoms with van der Waals surface area (Å²) in [5.41, 5.74) is 22.2. The van der Waals surface area contributed by atoms with Crippen LogP contribution in [0.4, 0.5) is 17.1 Å². The van der Waals surface area contributed by atoms with Crippen molar-refractivity contribution in [2.45, 2.75) is 56.8 Å². The lowest BCUT2D eigenvalue weighted by molar-refractivity contribution is 0.686. The predicted octanol–water partition coefficient (Wildman–Crippen LogP) is 14.6. The van der Waals surface area contributed by atoms with Gasteiger partial charge in [-0.2, -0.15) is 0 Å². The van der Waals surface area contributed by atoms with E-state index in [1.807, 2.05) is 0 Å². The Bertz CT molecular complexity index is 2720.